The number of rotatable bonds is 4. The number of nitrogens with two attached hydrogens (primary N) is 1. The van der Waals surface area contributed by atoms with Crippen LogP contribution in [0.15, 0.2) is 18.2 Å². The van der Waals surface area contributed by atoms with Gasteiger partial charge in [-0.05, 0) is 60.5 Å². The van der Waals surface area contributed by atoms with E-state index in [1.807, 2.05) is 0 Å². The van der Waals surface area contributed by atoms with Gasteiger partial charge in [0.05, 0.1) is 0 Å². The number of para-hydroxylation sites is 1. The Hall–Kier alpha value is -0.980. The van der Waals surface area contributed by atoms with Gasteiger partial charge in [0.25, 0.3) is 0 Å². The molecule has 0 saturated heterocycles. The molecular weight excluding hydrogens is 206 g/mol. The second-order valence-electron chi connectivity index (χ2n) is 6.10. The monoisotopic (exact) mass is 229 g/mol. The van der Waals surface area contributed by atoms with E-state index in [1.165, 1.54) is 36.8 Å². The first kappa shape index (κ1) is 11.1. The Labute approximate surface area is 104 Å². The highest BCUT2D eigenvalue weighted by atomic mass is 14.6. The van der Waals surface area contributed by atoms with Crippen molar-refractivity contribution in [2.75, 3.05) is 5.73 Å². The van der Waals surface area contributed by atoms with E-state index in [0.29, 0.717) is 11.8 Å². The first-order chi connectivity index (χ1) is 8.18. The zero-order valence-electron chi connectivity index (χ0n) is 10.9. The van der Waals surface area contributed by atoms with Crippen molar-refractivity contribution in [3.8, 4) is 0 Å². The van der Waals surface area contributed by atoms with Gasteiger partial charge in [-0.2, -0.15) is 0 Å². The van der Waals surface area contributed by atoms with Crippen LogP contribution in [0.3, 0.4) is 0 Å². The molecule has 17 heavy (non-hydrogen) atoms. The van der Waals surface area contributed by atoms with E-state index < -0.39 is 0 Å². The largest absolute Gasteiger partial charge is 0.398 e. The van der Waals surface area contributed by atoms with Crippen molar-refractivity contribution in [1.29, 1.82) is 0 Å². The van der Waals surface area contributed by atoms with Gasteiger partial charge in [0.15, 0.2) is 0 Å². The predicted octanol–water partition coefficient (Wildman–Crippen LogP) is 4.30. The molecule has 1 heteroatoms. The summed E-state index contributed by atoms with van der Waals surface area (Å²) >= 11 is 0. The van der Waals surface area contributed by atoms with Gasteiger partial charge in [0.2, 0.25) is 0 Å². The average molecular weight is 229 g/mol. The van der Waals surface area contributed by atoms with E-state index in [4.69, 9.17) is 5.73 Å². The fraction of sp³-hybridized carbons (Fsp3) is 0.625. The smallest absolute Gasteiger partial charge is 0.0384 e. The molecule has 1 aromatic rings. The normalized spacial score (nSPS) is 23.4. The van der Waals surface area contributed by atoms with Crippen LogP contribution in [0.2, 0.25) is 0 Å². The van der Waals surface area contributed by atoms with Crippen LogP contribution >= 0.6 is 0 Å². The molecule has 0 radical (unpaired) electrons. The van der Waals surface area contributed by atoms with E-state index in [9.17, 15) is 0 Å². The third kappa shape index (κ3) is 2.08. The van der Waals surface area contributed by atoms with E-state index >= 15 is 0 Å². The molecule has 2 atom stereocenters. The lowest BCUT2D eigenvalue weighted by Gasteiger charge is -2.20. The van der Waals surface area contributed by atoms with Crippen LogP contribution < -0.4 is 5.73 Å². The van der Waals surface area contributed by atoms with Crippen LogP contribution in [-0.2, 0) is 0 Å². The third-order valence-electron chi connectivity index (χ3n) is 4.81. The molecule has 1 nitrogen and oxygen atoms in total. The van der Waals surface area contributed by atoms with Crippen LogP contribution in [-0.4, -0.2) is 0 Å². The van der Waals surface area contributed by atoms with Gasteiger partial charge in [-0.25, -0.2) is 0 Å². The lowest BCUT2D eigenvalue weighted by molar-refractivity contribution is 0.648. The Morgan fingerprint density at radius 2 is 1.35 bits per heavy atom. The molecule has 92 valence electrons. The van der Waals surface area contributed by atoms with Gasteiger partial charge in [-0.3, -0.25) is 0 Å². The second-order valence-corrected chi connectivity index (χ2v) is 6.10. The summed E-state index contributed by atoms with van der Waals surface area (Å²) < 4.78 is 0. The van der Waals surface area contributed by atoms with Crippen LogP contribution in [0, 0.1) is 11.8 Å². The van der Waals surface area contributed by atoms with Crippen LogP contribution in [0.1, 0.15) is 62.5 Å². The van der Waals surface area contributed by atoms with Gasteiger partial charge < -0.3 is 5.73 Å². The van der Waals surface area contributed by atoms with E-state index in [0.717, 1.165) is 17.5 Å². The lowest BCUT2D eigenvalue weighted by Crippen LogP contribution is -2.07. The van der Waals surface area contributed by atoms with Crippen molar-refractivity contribution in [2.24, 2.45) is 11.8 Å². The first-order valence-electron chi connectivity index (χ1n) is 7.06. The molecule has 0 unspecified atom stereocenters. The van der Waals surface area contributed by atoms with E-state index in [2.05, 4.69) is 32.0 Å². The summed E-state index contributed by atoms with van der Waals surface area (Å²) in [6.07, 6.45) is 5.57. The molecule has 2 saturated carbocycles. The number of nitrogen functional groups attached to an aromatic ring is 1. The van der Waals surface area contributed by atoms with Gasteiger partial charge in [-0.15, -0.1) is 0 Å². The van der Waals surface area contributed by atoms with Crippen molar-refractivity contribution < 1.29 is 0 Å². The summed E-state index contributed by atoms with van der Waals surface area (Å²) in [6, 6.07) is 6.68. The number of anilines is 1. The molecule has 0 bridgehead atoms. The number of hydrogen-bond donors (Lipinski definition) is 1. The molecule has 2 aliphatic rings. The topological polar surface area (TPSA) is 26.0 Å². The summed E-state index contributed by atoms with van der Waals surface area (Å²) in [5.41, 5.74) is 10.3. The van der Waals surface area contributed by atoms with Crippen LogP contribution in [0.25, 0.3) is 0 Å². The molecule has 1 aromatic carbocycles. The minimum atomic E-state index is 0.654. The second kappa shape index (κ2) is 4.04. The molecule has 2 N–H and O–H groups in total. The zero-order valence-corrected chi connectivity index (χ0v) is 10.9. The van der Waals surface area contributed by atoms with Gasteiger partial charge in [0, 0.05) is 5.69 Å². The van der Waals surface area contributed by atoms with Gasteiger partial charge >= 0.3 is 0 Å². The zero-order chi connectivity index (χ0) is 12.0. The Kier molecular flexibility index (Phi) is 2.65. The molecule has 2 fully saturated rings. The molecule has 0 heterocycles. The fourth-order valence-corrected chi connectivity index (χ4v) is 3.10. The highest BCUT2D eigenvalue weighted by Gasteiger charge is 2.33. The Morgan fingerprint density at radius 3 is 1.71 bits per heavy atom. The maximum absolute atomic E-state index is 6.42. The highest BCUT2D eigenvalue weighted by molar-refractivity contribution is 5.57. The summed E-state index contributed by atoms with van der Waals surface area (Å²) in [5, 5.41) is 0. The molecule has 3 rings (SSSR count). The van der Waals surface area contributed by atoms with Gasteiger partial charge in [0.1, 0.15) is 0 Å². The van der Waals surface area contributed by atoms with Crippen molar-refractivity contribution in [1.82, 2.24) is 0 Å². The highest BCUT2D eigenvalue weighted by Crippen LogP contribution is 2.48. The van der Waals surface area contributed by atoms with Crippen molar-refractivity contribution in [3.05, 3.63) is 29.3 Å². The molecule has 0 spiro atoms. The standard InChI is InChI=1S/C16H23N/c1-10(12-6-7-12)14-4-3-5-15(16(14)17)11(2)13-8-9-13/h3-5,10-13H,6-9,17H2,1-2H3/t10-,11-/m1/s1. The summed E-state index contributed by atoms with van der Waals surface area (Å²) in [5.74, 6) is 3.09. The molecule has 2 aliphatic carbocycles. The number of benzene rings is 1. The van der Waals surface area contributed by atoms with Crippen molar-refractivity contribution >= 4 is 5.69 Å². The Morgan fingerprint density at radius 1 is 0.941 bits per heavy atom. The van der Waals surface area contributed by atoms with Crippen molar-refractivity contribution in [3.63, 3.8) is 0 Å². The fourth-order valence-electron chi connectivity index (χ4n) is 3.10. The maximum Gasteiger partial charge on any atom is 0.0384 e. The van der Waals surface area contributed by atoms with E-state index in [1.54, 1.807) is 0 Å². The van der Waals surface area contributed by atoms with Crippen LogP contribution in [0.5, 0.6) is 0 Å². The number of hydrogen-bond acceptors (Lipinski definition) is 1. The Balaban J connectivity index is 1.91. The van der Waals surface area contributed by atoms with Crippen molar-refractivity contribution in [2.45, 2.75) is 51.4 Å². The van der Waals surface area contributed by atoms with Crippen LogP contribution in [0.4, 0.5) is 5.69 Å². The molecule has 0 aromatic heterocycles. The summed E-state index contributed by atoms with van der Waals surface area (Å²) in [7, 11) is 0. The SMILES string of the molecule is C[C@@H](c1cccc([C@H](C)C2CC2)c1N)C1CC1. The maximum atomic E-state index is 6.42. The minimum Gasteiger partial charge on any atom is -0.398 e. The van der Waals surface area contributed by atoms with Gasteiger partial charge in [-0.1, -0.05) is 32.0 Å². The summed E-state index contributed by atoms with van der Waals surface area (Å²) in [4.78, 5) is 0. The molecule has 0 amide bonds. The molecule has 0 aliphatic heterocycles. The predicted molar refractivity (Wildman–Crippen MR) is 73.1 cm³/mol. The lowest BCUT2D eigenvalue weighted by atomic mass is 9.87. The minimum absolute atomic E-state index is 0.654. The first-order valence-corrected chi connectivity index (χ1v) is 7.06. The molecular formula is C16H23N. The average Bonchev–Trinajstić information content (AvgIpc) is 3.20. The Bertz CT molecular complexity index is 379. The third-order valence-corrected chi connectivity index (χ3v) is 4.81. The van der Waals surface area contributed by atoms with E-state index in [-0.39, 0.29) is 0 Å². The summed E-state index contributed by atoms with van der Waals surface area (Å²) in [6.45, 7) is 4.68. The quantitative estimate of drug-likeness (QED) is 0.765.